The molecule has 0 bridgehead atoms. The molecule has 1 heteroatoms. The van der Waals surface area contributed by atoms with Gasteiger partial charge in [0.25, 0.3) is 0 Å². The quantitative estimate of drug-likeness (QED) is 0.669. The van der Waals surface area contributed by atoms with Crippen molar-refractivity contribution in [1.82, 2.24) is 0 Å². The van der Waals surface area contributed by atoms with Crippen LogP contribution in [0.5, 0.6) is 5.75 Å². The number of allylic oxidation sites excluding steroid dienone is 1. The van der Waals surface area contributed by atoms with Crippen LogP contribution in [0.2, 0.25) is 0 Å². The Morgan fingerprint density at radius 2 is 2.05 bits per heavy atom. The Morgan fingerprint density at radius 1 is 1.20 bits per heavy atom. The largest absolute Gasteiger partial charge is 0.508 e. The van der Waals surface area contributed by atoms with Crippen molar-refractivity contribution in [2.75, 3.05) is 0 Å². The second kappa shape index (κ2) is 3.88. The number of hydrogen-bond donors (Lipinski definition) is 1. The first-order valence-corrected chi connectivity index (χ1v) is 7.52. The highest BCUT2D eigenvalue weighted by Crippen LogP contribution is 2.58. The van der Waals surface area contributed by atoms with Crippen LogP contribution in [0.1, 0.15) is 43.2 Å². The lowest BCUT2D eigenvalue weighted by molar-refractivity contribution is 0.308. The second-order valence-corrected chi connectivity index (χ2v) is 6.65. The molecule has 0 heterocycles. The predicted molar refractivity (Wildman–Crippen MR) is 83.2 cm³/mol. The average molecular weight is 264 g/mol. The average Bonchev–Trinajstić information content (AvgIpc) is 2.74. The van der Waals surface area contributed by atoms with E-state index in [1.807, 2.05) is 12.1 Å². The van der Waals surface area contributed by atoms with Crippen LogP contribution in [0.25, 0.3) is 10.8 Å². The van der Waals surface area contributed by atoms with E-state index in [4.69, 9.17) is 0 Å². The topological polar surface area (TPSA) is 20.2 Å². The van der Waals surface area contributed by atoms with Crippen molar-refractivity contribution < 1.29 is 5.11 Å². The van der Waals surface area contributed by atoms with Gasteiger partial charge in [0.1, 0.15) is 5.75 Å². The summed E-state index contributed by atoms with van der Waals surface area (Å²) in [5.41, 5.74) is 4.77. The van der Waals surface area contributed by atoms with Crippen LogP contribution in [-0.2, 0) is 6.42 Å². The van der Waals surface area contributed by atoms with Crippen molar-refractivity contribution >= 4 is 10.8 Å². The fourth-order valence-electron chi connectivity index (χ4n) is 4.41. The van der Waals surface area contributed by atoms with Gasteiger partial charge in [-0.15, -0.1) is 0 Å². The van der Waals surface area contributed by atoms with E-state index in [2.05, 4.69) is 31.7 Å². The minimum Gasteiger partial charge on any atom is -0.508 e. The molecule has 1 nitrogen and oxygen atoms in total. The van der Waals surface area contributed by atoms with Crippen LogP contribution in [0.3, 0.4) is 0 Å². The summed E-state index contributed by atoms with van der Waals surface area (Å²) in [5.74, 6) is 0.990. The van der Waals surface area contributed by atoms with Gasteiger partial charge in [-0.25, -0.2) is 0 Å². The lowest BCUT2D eigenvalue weighted by atomic mass is 9.65. The van der Waals surface area contributed by atoms with Gasteiger partial charge in [0.2, 0.25) is 0 Å². The van der Waals surface area contributed by atoms with Crippen LogP contribution in [-0.4, -0.2) is 5.11 Å². The second-order valence-electron chi connectivity index (χ2n) is 6.65. The van der Waals surface area contributed by atoms with Crippen LogP contribution in [0.4, 0.5) is 0 Å². The number of phenolic OH excluding ortho intramolecular Hbond substituents is 1. The molecular formula is C19H20O. The van der Waals surface area contributed by atoms with E-state index in [1.165, 1.54) is 41.3 Å². The van der Waals surface area contributed by atoms with E-state index >= 15 is 0 Å². The zero-order valence-electron chi connectivity index (χ0n) is 11.9. The minimum absolute atomic E-state index is 0.303. The first-order chi connectivity index (χ1) is 9.59. The van der Waals surface area contributed by atoms with Crippen LogP contribution >= 0.6 is 0 Å². The molecule has 1 N–H and O–H groups in total. The van der Waals surface area contributed by atoms with Crippen LogP contribution in [0.15, 0.2) is 42.5 Å². The molecule has 102 valence electrons. The standard InChI is InChI=1S/C19H20O/c1-12-3-8-18-17-6-4-13-11-14(20)5-7-15(13)16(17)9-10-19(12,18)2/h4-7,11,18,20H,1,3,8-10H2,2H3/t18-,19+/m0/s1. The third-order valence-corrected chi connectivity index (χ3v) is 5.73. The van der Waals surface area contributed by atoms with Crippen molar-refractivity contribution in [3.8, 4) is 5.75 Å². The number of aromatic hydroxyl groups is 1. The van der Waals surface area contributed by atoms with Gasteiger partial charge in [0.15, 0.2) is 0 Å². The van der Waals surface area contributed by atoms with Gasteiger partial charge >= 0.3 is 0 Å². The van der Waals surface area contributed by atoms with Gasteiger partial charge in [-0.05, 0) is 71.0 Å². The smallest absolute Gasteiger partial charge is 0.116 e. The summed E-state index contributed by atoms with van der Waals surface area (Å²) in [7, 11) is 0. The maximum Gasteiger partial charge on any atom is 0.116 e. The van der Waals surface area contributed by atoms with Gasteiger partial charge in [-0.3, -0.25) is 0 Å². The summed E-state index contributed by atoms with van der Waals surface area (Å²) < 4.78 is 0. The number of phenols is 1. The van der Waals surface area contributed by atoms with E-state index < -0.39 is 0 Å². The molecule has 0 spiro atoms. The molecule has 2 aromatic carbocycles. The fourth-order valence-corrected chi connectivity index (χ4v) is 4.41. The number of hydrogen-bond acceptors (Lipinski definition) is 1. The minimum atomic E-state index is 0.303. The predicted octanol–water partition coefficient (Wildman–Crippen LogP) is 4.93. The highest BCUT2D eigenvalue weighted by molar-refractivity contribution is 5.88. The van der Waals surface area contributed by atoms with Crippen molar-refractivity contribution in [3.05, 3.63) is 53.6 Å². The van der Waals surface area contributed by atoms with E-state index in [1.54, 1.807) is 0 Å². The number of benzene rings is 2. The summed E-state index contributed by atoms with van der Waals surface area (Å²) in [6.07, 6.45) is 4.76. The van der Waals surface area contributed by atoms with Crippen molar-refractivity contribution in [2.24, 2.45) is 5.41 Å². The molecule has 20 heavy (non-hydrogen) atoms. The third-order valence-electron chi connectivity index (χ3n) is 5.73. The molecular weight excluding hydrogens is 244 g/mol. The Morgan fingerprint density at radius 3 is 2.90 bits per heavy atom. The zero-order valence-corrected chi connectivity index (χ0v) is 11.9. The molecule has 0 aliphatic heterocycles. The van der Waals surface area contributed by atoms with Crippen LogP contribution < -0.4 is 0 Å². The Hall–Kier alpha value is -1.76. The lowest BCUT2D eigenvalue weighted by Gasteiger charge is -2.39. The summed E-state index contributed by atoms with van der Waals surface area (Å²) in [5, 5.41) is 12.1. The molecule has 0 aromatic heterocycles. The lowest BCUT2D eigenvalue weighted by Crippen LogP contribution is -2.27. The highest BCUT2D eigenvalue weighted by atomic mass is 16.3. The Bertz CT molecular complexity index is 728. The summed E-state index contributed by atoms with van der Waals surface area (Å²) in [6.45, 7) is 6.72. The molecule has 2 aliphatic carbocycles. The first kappa shape index (κ1) is 12.0. The Labute approximate surface area is 119 Å². The maximum atomic E-state index is 9.65. The van der Waals surface area contributed by atoms with E-state index in [-0.39, 0.29) is 0 Å². The van der Waals surface area contributed by atoms with Crippen molar-refractivity contribution in [1.29, 1.82) is 0 Å². The van der Waals surface area contributed by atoms with E-state index in [0.717, 1.165) is 11.8 Å². The number of rotatable bonds is 0. The summed E-state index contributed by atoms with van der Waals surface area (Å²) >= 11 is 0. The number of fused-ring (bicyclic) bond motifs is 5. The number of aryl methyl sites for hydroxylation is 1. The van der Waals surface area contributed by atoms with Gasteiger partial charge < -0.3 is 5.11 Å². The summed E-state index contributed by atoms with van der Waals surface area (Å²) in [6, 6.07) is 10.2. The molecule has 4 rings (SSSR count). The van der Waals surface area contributed by atoms with Gasteiger partial charge in [-0.1, -0.05) is 37.3 Å². The molecule has 1 saturated carbocycles. The van der Waals surface area contributed by atoms with E-state index in [0.29, 0.717) is 17.1 Å². The van der Waals surface area contributed by atoms with Gasteiger partial charge in [0.05, 0.1) is 0 Å². The summed E-state index contributed by atoms with van der Waals surface area (Å²) in [4.78, 5) is 0. The third kappa shape index (κ3) is 1.44. The molecule has 0 amide bonds. The molecule has 0 radical (unpaired) electrons. The fraction of sp³-hybridized carbons (Fsp3) is 0.368. The van der Waals surface area contributed by atoms with E-state index in [9.17, 15) is 5.11 Å². The Kier molecular flexibility index (Phi) is 2.33. The molecule has 0 unspecified atom stereocenters. The molecule has 0 saturated heterocycles. The Balaban J connectivity index is 1.95. The molecule has 2 atom stereocenters. The maximum absolute atomic E-state index is 9.65. The van der Waals surface area contributed by atoms with Gasteiger partial charge in [0, 0.05) is 0 Å². The zero-order chi connectivity index (χ0) is 13.9. The SMILES string of the molecule is C=C1CC[C@H]2c3ccc4cc(O)ccc4c3CC[C@]12C. The molecule has 1 fully saturated rings. The first-order valence-electron chi connectivity index (χ1n) is 7.52. The molecule has 2 aromatic rings. The van der Waals surface area contributed by atoms with Crippen LogP contribution in [0, 0.1) is 5.41 Å². The van der Waals surface area contributed by atoms with Crippen molar-refractivity contribution in [2.45, 2.75) is 38.5 Å². The van der Waals surface area contributed by atoms with Crippen molar-refractivity contribution in [3.63, 3.8) is 0 Å². The monoisotopic (exact) mass is 264 g/mol. The molecule has 2 aliphatic rings. The van der Waals surface area contributed by atoms with Gasteiger partial charge in [-0.2, -0.15) is 0 Å². The highest BCUT2D eigenvalue weighted by Gasteiger charge is 2.45. The normalized spacial score (nSPS) is 28.4.